The largest absolute Gasteiger partial charge is 0.294 e. The second-order valence-electron chi connectivity index (χ2n) is 4.74. The van der Waals surface area contributed by atoms with Gasteiger partial charge in [0.05, 0.1) is 4.92 Å². The lowest BCUT2D eigenvalue weighted by atomic mass is 9.93. The summed E-state index contributed by atoms with van der Waals surface area (Å²) in [7, 11) is 0. The molecule has 0 saturated heterocycles. The molecule has 0 amide bonds. The maximum Gasteiger partial charge on any atom is 0.269 e. The summed E-state index contributed by atoms with van der Waals surface area (Å²) < 4.78 is 0. The molecular weight excluding hydrogens is 254 g/mol. The van der Waals surface area contributed by atoms with Gasteiger partial charge >= 0.3 is 0 Å². The first-order valence-electron chi connectivity index (χ1n) is 6.40. The SMILES string of the molecule is C[C@H](CC(=O)c1ccccc1)c1ccc([N+](=O)[O-])cc1. The number of benzene rings is 2. The first-order valence-corrected chi connectivity index (χ1v) is 6.40. The van der Waals surface area contributed by atoms with Crippen LogP contribution in [-0.4, -0.2) is 10.7 Å². The average molecular weight is 269 g/mol. The van der Waals surface area contributed by atoms with Gasteiger partial charge in [0.15, 0.2) is 5.78 Å². The molecule has 0 heterocycles. The van der Waals surface area contributed by atoms with Crippen LogP contribution in [0.1, 0.15) is 35.2 Å². The molecule has 0 spiro atoms. The number of nitro benzene ring substituents is 1. The lowest BCUT2D eigenvalue weighted by molar-refractivity contribution is -0.384. The number of carbonyl (C=O) groups is 1. The van der Waals surface area contributed by atoms with E-state index in [0.717, 1.165) is 5.56 Å². The fraction of sp³-hybridized carbons (Fsp3) is 0.188. The van der Waals surface area contributed by atoms with Gasteiger partial charge in [-0.05, 0) is 11.5 Å². The Morgan fingerprint density at radius 2 is 1.70 bits per heavy atom. The van der Waals surface area contributed by atoms with Gasteiger partial charge in [0.25, 0.3) is 5.69 Å². The number of hydrogen-bond acceptors (Lipinski definition) is 3. The first-order chi connectivity index (χ1) is 9.58. The van der Waals surface area contributed by atoms with Crippen molar-refractivity contribution in [1.82, 2.24) is 0 Å². The zero-order valence-corrected chi connectivity index (χ0v) is 11.2. The summed E-state index contributed by atoms with van der Waals surface area (Å²) >= 11 is 0. The molecule has 0 aliphatic carbocycles. The molecule has 0 bridgehead atoms. The highest BCUT2D eigenvalue weighted by Crippen LogP contribution is 2.23. The molecular formula is C16H15NO3. The molecule has 0 N–H and O–H groups in total. The van der Waals surface area contributed by atoms with E-state index in [9.17, 15) is 14.9 Å². The maximum atomic E-state index is 12.1. The van der Waals surface area contributed by atoms with Crippen molar-refractivity contribution in [1.29, 1.82) is 0 Å². The molecule has 0 saturated carbocycles. The Hall–Kier alpha value is -2.49. The van der Waals surface area contributed by atoms with E-state index in [2.05, 4.69) is 0 Å². The second kappa shape index (κ2) is 6.10. The molecule has 20 heavy (non-hydrogen) atoms. The fourth-order valence-corrected chi connectivity index (χ4v) is 2.06. The smallest absolute Gasteiger partial charge is 0.269 e. The summed E-state index contributed by atoms with van der Waals surface area (Å²) in [5.74, 6) is 0.111. The van der Waals surface area contributed by atoms with Gasteiger partial charge in [0.2, 0.25) is 0 Å². The number of non-ortho nitro benzene ring substituents is 1. The van der Waals surface area contributed by atoms with Crippen LogP contribution in [0.5, 0.6) is 0 Å². The van der Waals surface area contributed by atoms with Gasteiger partial charge in [-0.15, -0.1) is 0 Å². The van der Waals surface area contributed by atoms with Gasteiger partial charge in [0, 0.05) is 24.1 Å². The highest BCUT2D eigenvalue weighted by atomic mass is 16.6. The summed E-state index contributed by atoms with van der Waals surface area (Å²) in [5.41, 5.74) is 1.69. The summed E-state index contributed by atoms with van der Waals surface area (Å²) in [5, 5.41) is 10.6. The van der Waals surface area contributed by atoms with Crippen molar-refractivity contribution in [2.24, 2.45) is 0 Å². The zero-order chi connectivity index (χ0) is 14.5. The number of ketones is 1. The monoisotopic (exact) mass is 269 g/mol. The molecule has 0 aromatic heterocycles. The molecule has 0 unspecified atom stereocenters. The minimum Gasteiger partial charge on any atom is -0.294 e. The summed E-state index contributed by atoms with van der Waals surface area (Å²) in [6, 6.07) is 15.5. The second-order valence-corrected chi connectivity index (χ2v) is 4.74. The van der Waals surface area contributed by atoms with E-state index in [1.54, 1.807) is 24.3 Å². The summed E-state index contributed by atoms with van der Waals surface area (Å²) in [6.45, 7) is 1.95. The van der Waals surface area contributed by atoms with Crippen LogP contribution in [0, 0.1) is 10.1 Å². The molecule has 2 rings (SSSR count). The van der Waals surface area contributed by atoms with Crippen molar-refractivity contribution in [2.75, 3.05) is 0 Å². The quantitative estimate of drug-likeness (QED) is 0.468. The van der Waals surface area contributed by atoms with E-state index < -0.39 is 4.92 Å². The Labute approximate surface area is 117 Å². The van der Waals surface area contributed by atoms with E-state index >= 15 is 0 Å². The van der Waals surface area contributed by atoms with Gasteiger partial charge in [-0.2, -0.15) is 0 Å². The van der Waals surface area contributed by atoms with Crippen LogP contribution in [0.4, 0.5) is 5.69 Å². The van der Waals surface area contributed by atoms with Crippen LogP contribution in [0.15, 0.2) is 54.6 Å². The third kappa shape index (κ3) is 3.29. The predicted octanol–water partition coefficient (Wildman–Crippen LogP) is 3.97. The lowest BCUT2D eigenvalue weighted by Crippen LogP contribution is -2.05. The molecule has 4 heteroatoms. The van der Waals surface area contributed by atoms with E-state index in [0.29, 0.717) is 12.0 Å². The van der Waals surface area contributed by atoms with Crippen molar-refractivity contribution in [3.05, 3.63) is 75.8 Å². The van der Waals surface area contributed by atoms with Crippen molar-refractivity contribution < 1.29 is 9.72 Å². The van der Waals surface area contributed by atoms with Crippen LogP contribution >= 0.6 is 0 Å². The van der Waals surface area contributed by atoms with Crippen molar-refractivity contribution in [3.8, 4) is 0 Å². The third-order valence-electron chi connectivity index (χ3n) is 3.26. The number of nitro groups is 1. The minimum absolute atomic E-state index is 0.0310. The van der Waals surface area contributed by atoms with E-state index in [1.165, 1.54) is 12.1 Å². The van der Waals surface area contributed by atoms with Crippen LogP contribution in [0.2, 0.25) is 0 Å². The van der Waals surface area contributed by atoms with Gasteiger partial charge in [-0.25, -0.2) is 0 Å². The Balaban J connectivity index is 2.06. The van der Waals surface area contributed by atoms with Crippen LogP contribution in [-0.2, 0) is 0 Å². The standard InChI is InChI=1S/C16H15NO3/c1-12(11-16(18)14-5-3-2-4-6-14)13-7-9-15(10-8-13)17(19)20/h2-10,12H,11H2,1H3/t12-/m1/s1. The predicted molar refractivity (Wildman–Crippen MR) is 76.9 cm³/mol. The van der Waals surface area contributed by atoms with Crippen LogP contribution < -0.4 is 0 Å². The Kier molecular flexibility index (Phi) is 4.25. The molecule has 0 aliphatic rings. The molecule has 1 atom stereocenters. The highest BCUT2D eigenvalue weighted by molar-refractivity contribution is 5.96. The van der Waals surface area contributed by atoms with Crippen LogP contribution in [0.25, 0.3) is 0 Å². The van der Waals surface area contributed by atoms with Crippen molar-refractivity contribution >= 4 is 11.5 Å². The first kappa shape index (κ1) is 13.9. The molecule has 2 aromatic rings. The molecule has 4 nitrogen and oxygen atoms in total. The summed E-state index contributed by atoms with van der Waals surface area (Å²) in [6.07, 6.45) is 0.391. The Morgan fingerprint density at radius 3 is 2.25 bits per heavy atom. The maximum absolute atomic E-state index is 12.1. The number of rotatable bonds is 5. The number of Topliss-reactive ketones (excluding diaryl/α,β-unsaturated/α-hetero) is 1. The molecule has 2 aromatic carbocycles. The Bertz CT molecular complexity index is 605. The molecule has 102 valence electrons. The van der Waals surface area contributed by atoms with E-state index in [-0.39, 0.29) is 17.4 Å². The lowest BCUT2D eigenvalue weighted by Gasteiger charge is -2.10. The third-order valence-corrected chi connectivity index (χ3v) is 3.26. The minimum atomic E-state index is -0.427. The van der Waals surface area contributed by atoms with E-state index in [4.69, 9.17) is 0 Å². The van der Waals surface area contributed by atoms with Gasteiger partial charge < -0.3 is 0 Å². The summed E-state index contributed by atoms with van der Waals surface area (Å²) in [4.78, 5) is 22.3. The van der Waals surface area contributed by atoms with Gasteiger partial charge in [-0.3, -0.25) is 14.9 Å². The number of hydrogen-bond donors (Lipinski definition) is 0. The van der Waals surface area contributed by atoms with Crippen molar-refractivity contribution in [2.45, 2.75) is 19.3 Å². The highest BCUT2D eigenvalue weighted by Gasteiger charge is 2.14. The molecule has 0 fully saturated rings. The average Bonchev–Trinajstić information content (AvgIpc) is 2.48. The normalized spacial score (nSPS) is 11.8. The van der Waals surface area contributed by atoms with E-state index in [1.807, 2.05) is 25.1 Å². The topological polar surface area (TPSA) is 60.2 Å². The number of carbonyl (C=O) groups excluding carboxylic acids is 1. The Morgan fingerprint density at radius 1 is 1.10 bits per heavy atom. The van der Waals surface area contributed by atoms with Gasteiger partial charge in [-0.1, -0.05) is 49.4 Å². The van der Waals surface area contributed by atoms with Gasteiger partial charge in [0.1, 0.15) is 0 Å². The van der Waals surface area contributed by atoms with Crippen LogP contribution in [0.3, 0.4) is 0 Å². The van der Waals surface area contributed by atoms with Crippen molar-refractivity contribution in [3.63, 3.8) is 0 Å². The molecule has 0 radical (unpaired) electrons. The molecule has 0 aliphatic heterocycles. The zero-order valence-electron chi connectivity index (χ0n) is 11.2. The fourth-order valence-electron chi connectivity index (χ4n) is 2.06. The number of nitrogens with zero attached hydrogens (tertiary/aromatic N) is 1.